The van der Waals surface area contributed by atoms with Crippen molar-refractivity contribution in [2.24, 2.45) is 0 Å². The maximum absolute atomic E-state index is 11.3. The van der Waals surface area contributed by atoms with Crippen molar-refractivity contribution in [1.29, 1.82) is 0 Å². The van der Waals surface area contributed by atoms with Crippen molar-refractivity contribution < 1.29 is 9.30 Å². The standard InChI is InChI=1S/C11H11N2O/c14-13-9-5-2-6-11(13)10-12-7-3-1-4-8-12/h1-9H,10H2/q+1. The summed E-state index contributed by atoms with van der Waals surface area (Å²) in [5.74, 6) is 0. The van der Waals surface area contributed by atoms with Gasteiger partial charge in [0.25, 0.3) is 5.69 Å². The fraction of sp³-hybridized carbons (Fsp3) is 0.0909. The van der Waals surface area contributed by atoms with Gasteiger partial charge in [0, 0.05) is 24.3 Å². The molecule has 2 aromatic rings. The minimum atomic E-state index is 0.602. The first-order valence-corrected chi connectivity index (χ1v) is 4.47. The van der Waals surface area contributed by atoms with E-state index >= 15 is 0 Å². The van der Waals surface area contributed by atoms with E-state index in [1.807, 2.05) is 47.3 Å². The van der Waals surface area contributed by atoms with E-state index in [9.17, 15) is 5.21 Å². The molecule has 2 aromatic heterocycles. The predicted molar refractivity (Wildman–Crippen MR) is 51.1 cm³/mol. The highest BCUT2D eigenvalue weighted by Gasteiger charge is 2.08. The maximum atomic E-state index is 11.3. The second-order valence-electron chi connectivity index (χ2n) is 3.07. The van der Waals surface area contributed by atoms with E-state index in [0.29, 0.717) is 6.54 Å². The second-order valence-corrected chi connectivity index (χ2v) is 3.07. The zero-order valence-electron chi connectivity index (χ0n) is 7.71. The molecule has 0 saturated heterocycles. The molecule has 0 N–H and O–H groups in total. The Balaban J connectivity index is 2.24. The van der Waals surface area contributed by atoms with Gasteiger partial charge in [-0.15, -0.1) is 0 Å². The van der Waals surface area contributed by atoms with Gasteiger partial charge in [-0.05, 0) is 6.07 Å². The largest absolute Gasteiger partial charge is 0.618 e. The lowest BCUT2D eigenvalue weighted by atomic mass is 10.3. The minimum absolute atomic E-state index is 0.602. The van der Waals surface area contributed by atoms with Crippen LogP contribution in [0, 0.1) is 5.21 Å². The minimum Gasteiger partial charge on any atom is -0.618 e. The molecule has 3 heteroatoms. The smallest absolute Gasteiger partial charge is 0.258 e. The fourth-order valence-electron chi connectivity index (χ4n) is 1.31. The third kappa shape index (κ3) is 1.88. The summed E-state index contributed by atoms with van der Waals surface area (Å²) >= 11 is 0. The van der Waals surface area contributed by atoms with Crippen molar-refractivity contribution in [1.82, 2.24) is 0 Å². The number of hydrogen-bond donors (Lipinski definition) is 0. The monoisotopic (exact) mass is 187 g/mol. The first-order valence-electron chi connectivity index (χ1n) is 4.47. The molecule has 0 spiro atoms. The summed E-state index contributed by atoms with van der Waals surface area (Å²) in [7, 11) is 0. The quantitative estimate of drug-likeness (QED) is 0.501. The number of hydrogen-bond acceptors (Lipinski definition) is 1. The van der Waals surface area contributed by atoms with E-state index in [1.165, 1.54) is 6.20 Å². The lowest BCUT2D eigenvalue weighted by Gasteiger charge is -2.00. The van der Waals surface area contributed by atoms with Crippen LogP contribution in [0.3, 0.4) is 0 Å². The Hall–Kier alpha value is -1.90. The van der Waals surface area contributed by atoms with E-state index in [-0.39, 0.29) is 0 Å². The molecule has 70 valence electrons. The molecule has 0 saturated carbocycles. The molecule has 2 heterocycles. The topological polar surface area (TPSA) is 30.8 Å². The van der Waals surface area contributed by atoms with Gasteiger partial charge in [0.2, 0.25) is 6.54 Å². The van der Waals surface area contributed by atoms with Gasteiger partial charge >= 0.3 is 0 Å². The predicted octanol–water partition coefficient (Wildman–Crippen LogP) is 0.656. The van der Waals surface area contributed by atoms with Crippen LogP contribution in [0.5, 0.6) is 0 Å². The lowest BCUT2D eigenvalue weighted by Crippen LogP contribution is -2.41. The maximum Gasteiger partial charge on any atom is 0.258 e. The number of rotatable bonds is 2. The normalized spacial score (nSPS) is 10.0. The molecule has 3 nitrogen and oxygen atoms in total. The molecule has 0 unspecified atom stereocenters. The van der Waals surface area contributed by atoms with Gasteiger partial charge in [-0.25, -0.2) is 0 Å². The van der Waals surface area contributed by atoms with Crippen molar-refractivity contribution in [3.8, 4) is 0 Å². The van der Waals surface area contributed by atoms with Crippen LogP contribution in [-0.4, -0.2) is 0 Å². The van der Waals surface area contributed by atoms with Gasteiger partial charge in [0.15, 0.2) is 18.6 Å². The van der Waals surface area contributed by atoms with Crippen LogP contribution >= 0.6 is 0 Å². The van der Waals surface area contributed by atoms with Crippen molar-refractivity contribution in [2.75, 3.05) is 0 Å². The van der Waals surface area contributed by atoms with Crippen LogP contribution in [0.4, 0.5) is 0 Å². The van der Waals surface area contributed by atoms with Crippen molar-refractivity contribution in [2.45, 2.75) is 6.54 Å². The molecule has 0 aromatic carbocycles. The molecule has 0 aliphatic carbocycles. The van der Waals surface area contributed by atoms with Gasteiger partial charge in [-0.2, -0.15) is 9.30 Å². The molecule has 0 radical (unpaired) electrons. The summed E-state index contributed by atoms with van der Waals surface area (Å²) in [6, 6.07) is 11.3. The molecule has 0 fully saturated rings. The summed E-state index contributed by atoms with van der Waals surface area (Å²) in [6.45, 7) is 0.602. The summed E-state index contributed by atoms with van der Waals surface area (Å²) in [5.41, 5.74) is 0.740. The van der Waals surface area contributed by atoms with Crippen LogP contribution in [0.1, 0.15) is 5.69 Å². The Morgan fingerprint density at radius 3 is 2.36 bits per heavy atom. The molecular weight excluding hydrogens is 176 g/mol. The Labute approximate surface area is 82.5 Å². The first-order chi connectivity index (χ1) is 6.86. The SMILES string of the molecule is [O-][n+]1ccccc1C[n+]1ccccc1. The Bertz CT molecular complexity index is 415. The van der Waals surface area contributed by atoms with Crippen LogP contribution < -0.4 is 9.30 Å². The summed E-state index contributed by atoms with van der Waals surface area (Å²) in [4.78, 5) is 0. The average Bonchev–Trinajstić information content (AvgIpc) is 2.23. The van der Waals surface area contributed by atoms with E-state index in [2.05, 4.69) is 0 Å². The molecule has 0 bridgehead atoms. The van der Waals surface area contributed by atoms with Crippen molar-refractivity contribution >= 4 is 0 Å². The number of nitrogens with zero attached hydrogens (tertiary/aromatic N) is 2. The lowest BCUT2D eigenvalue weighted by molar-refractivity contribution is -0.718. The molecule has 0 atom stereocenters. The van der Waals surface area contributed by atoms with Crippen molar-refractivity contribution in [3.05, 3.63) is 65.9 Å². The third-order valence-electron chi connectivity index (χ3n) is 2.03. The molecular formula is C11H11N2O+. The van der Waals surface area contributed by atoms with Crippen LogP contribution in [0.15, 0.2) is 55.0 Å². The van der Waals surface area contributed by atoms with E-state index in [0.717, 1.165) is 10.4 Å². The van der Waals surface area contributed by atoms with E-state index in [4.69, 9.17) is 0 Å². The van der Waals surface area contributed by atoms with Gasteiger partial charge in [-0.1, -0.05) is 6.07 Å². The highest BCUT2D eigenvalue weighted by molar-refractivity contribution is 4.96. The van der Waals surface area contributed by atoms with E-state index < -0.39 is 0 Å². The molecule has 0 aliphatic heterocycles. The van der Waals surface area contributed by atoms with Gasteiger partial charge in [0.1, 0.15) is 0 Å². The van der Waals surface area contributed by atoms with Crippen LogP contribution in [0.25, 0.3) is 0 Å². The summed E-state index contributed by atoms with van der Waals surface area (Å²) in [5, 5.41) is 11.3. The van der Waals surface area contributed by atoms with Crippen LogP contribution in [0.2, 0.25) is 0 Å². The molecule has 0 amide bonds. The summed E-state index contributed by atoms with van der Waals surface area (Å²) in [6.07, 6.45) is 5.39. The summed E-state index contributed by atoms with van der Waals surface area (Å²) < 4.78 is 2.85. The zero-order chi connectivity index (χ0) is 9.80. The van der Waals surface area contributed by atoms with Gasteiger partial charge in [0.05, 0.1) is 0 Å². The van der Waals surface area contributed by atoms with Gasteiger partial charge in [-0.3, -0.25) is 0 Å². The molecule has 0 aliphatic rings. The Morgan fingerprint density at radius 1 is 0.929 bits per heavy atom. The Kier molecular flexibility index (Phi) is 2.40. The van der Waals surface area contributed by atoms with Gasteiger partial charge < -0.3 is 5.21 Å². The number of pyridine rings is 2. The zero-order valence-corrected chi connectivity index (χ0v) is 7.71. The average molecular weight is 187 g/mol. The molecule has 14 heavy (non-hydrogen) atoms. The fourth-order valence-corrected chi connectivity index (χ4v) is 1.31. The highest BCUT2D eigenvalue weighted by atomic mass is 16.5. The molecule has 2 rings (SSSR count). The Morgan fingerprint density at radius 2 is 1.64 bits per heavy atom. The highest BCUT2D eigenvalue weighted by Crippen LogP contribution is 1.89. The van der Waals surface area contributed by atoms with Crippen molar-refractivity contribution in [3.63, 3.8) is 0 Å². The second kappa shape index (κ2) is 3.87. The van der Waals surface area contributed by atoms with Crippen LogP contribution in [-0.2, 0) is 6.54 Å². The van der Waals surface area contributed by atoms with E-state index in [1.54, 1.807) is 6.07 Å². The third-order valence-corrected chi connectivity index (χ3v) is 2.03. The first kappa shape index (κ1) is 8.69. The number of aromatic nitrogens is 2.